The van der Waals surface area contributed by atoms with E-state index in [1.807, 2.05) is 48.5 Å². The molecule has 9 rings (SSSR count). The van der Waals surface area contributed by atoms with Gasteiger partial charge in [0.25, 0.3) is 0 Å². The van der Waals surface area contributed by atoms with Crippen LogP contribution in [-0.4, -0.2) is 23.0 Å². The highest BCUT2D eigenvalue weighted by atomic mass is 16.5. The molecule has 38 heavy (non-hydrogen) atoms. The van der Waals surface area contributed by atoms with Crippen molar-refractivity contribution in [2.75, 3.05) is 14.2 Å². The van der Waals surface area contributed by atoms with E-state index in [-0.39, 0.29) is 0 Å². The second-order valence-electron chi connectivity index (χ2n) is 9.68. The molecule has 0 aliphatic carbocycles. The molecule has 0 saturated heterocycles. The summed E-state index contributed by atoms with van der Waals surface area (Å²) in [4.78, 5) is 0. The van der Waals surface area contributed by atoms with Gasteiger partial charge in [0.05, 0.1) is 47.1 Å². The number of hydrogen-bond acceptors (Lipinski definition) is 4. The molecule has 0 saturated carbocycles. The van der Waals surface area contributed by atoms with Gasteiger partial charge in [0.15, 0.2) is 22.3 Å². The van der Waals surface area contributed by atoms with E-state index in [2.05, 4.69) is 45.2 Å². The van der Waals surface area contributed by atoms with Crippen LogP contribution in [0, 0.1) is 0 Å². The lowest BCUT2D eigenvalue weighted by Crippen LogP contribution is -1.93. The highest BCUT2D eigenvalue weighted by Gasteiger charge is 2.27. The van der Waals surface area contributed by atoms with E-state index in [9.17, 15) is 0 Å². The molecule has 182 valence electrons. The lowest BCUT2D eigenvalue weighted by atomic mass is 10.1. The average Bonchev–Trinajstić information content (AvgIpc) is 3.50. The van der Waals surface area contributed by atoms with Gasteiger partial charge in [-0.05, 0) is 60.7 Å². The number of ether oxygens (including phenoxy) is 2. The molecule has 0 bridgehead atoms. The number of methoxy groups -OCH3 is 2. The Balaban J connectivity index is 1.73. The van der Waals surface area contributed by atoms with Gasteiger partial charge in [0.1, 0.15) is 22.5 Å². The van der Waals surface area contributed by atoms with Crippen LogP contribution in [0.15, 0.2) is 93.8 Å². The number of para-hydroxylation sites is 4. The van der Waals surface area contributed by atoms with Crippen molar-refractivity contribution in [2.45, 2.75) is 0 Å². The van der Waals surface area contributed by atoms with Crippen LogP contribution in [0.5, 0.6) is 11.5 Å². The fraction of sp³-hybridized carbons (Fsp3) is 0.0625. The molecule has 0 aliphatic rings. The molecule has 0 fully saturated rings. The summed E-state index contributed by atoms with van der Waals surface area (Å²) >= 11 is 0. The summed E-state index contributed by atoms with van der Waals surface area (Å²) in [5, 5.41) is 4.10. The number of rotatable bonds is 2. The topological polar surface area (TPSA) is 53.6 Å². The molecular weight excluding hydrogens is 476 g/mol. The molecule has 4 heterocycles. The average molecular weight is 497 g/mol. The highest BCUT2D eigenvalue weighted by Crippen LogP contribution is 2.48. The third-order valence-electron chi connectivity index (χ3n) is 7.87. The van der Waals surface area contributed by atoms with E-state index >= 15 is 0 Å². The Labute approximate surface area is 214 Å². The van der Waals surface area contributed by atoms with Crippen LogP contribution in [0.4, 0.5) is 0 Å². The summed E-state index contributed by atoms with van der Waals surface area (Å²) in [5.74, 6) is 1.58. The third kappa shape index (κ3) is 2.25. The van der Waals surface area contributed by atoms with Crippen LogP contribution < -0.4 is 9.47 Å². The Morgan fingerprint density at radius 2 is 0.974 bits per heavy atom. The molecule has 6 nitrogen and oxygen atoms in total. The number of hydrogen-bond donors (Lipinski definition) is 0. The minimum absolute atomic E-state index is 0.792. The van der Waals surface area contributed by atoms with E-state index in [1.54, 1.807) is 14.2 Å². The van der Waals surface area contributed by atoms with Crippen molar-refractivity contribution >= 4 is 77.0 Å². The monoisotopic (exact) mass is 496 g/mol. The Hall–Kier alpha value is -5.10. The summed E-state index contributed by atoms with van der Waals surface area (Å²) in [6.07, 6.45) is 0. The molecule has 9 aromatic rings. The summed E-state index contributed by atoms with van der Waals surface area (Å²) in [6.45, 7) is 0. The smallest absolute Gasteiger partial charge is 0.162 e. The quantitative estimate of drug-likeness (QED) is 0.226. The maximum atomic E-state index is 6.79. The van der Waals surface area contributed by atoms with Gasteiger partial charge in [-0.15, -0.1) is 0 Å². The van der Waals surface area contributed by atoms with Gasteiger partial charge in [-0.1, -0.05) is 24.3 Å². The second-order valence-corrected chi connectivity index (χ2v) is 9.68. The van der Waals surface area contributed by atoms with Crippen LogP contribution in [0.3, 0.4) is 0 Å². The number of nitrogens with zero attached hydrogens (tertiary/aromatic N) is 2. The van der Waals surface area contributed by atoms with Gasteiger partial charge in [0.2, 0.25) is 0 Å². The fourth-order valence-electron chi connectivity index (χ4n) is 6.30. The molecule has 0 atom stereocenters. The molecule has 4 aromatic heterocycles. The predicted octanol–water partition coefficient (Wildman–Crippen LogP) is 8.31. The first kappa shape index (κ1) is 20.0. The van der Waals surface area contributed by atoms with Crippen LogP contribution in [-0.2, 0) is 0 Å². The Kier molecular flexibility index (Phi) is 3.58. The van der Waals surface area contributed by atoms with E-state index < -0.39 is 0 Å². The van der Waals surface area contributed by atoms with Crippen molar-refractivity contribution < 1.29 is 18.3 Å². The lowest BCUT2D eigenvalue weighted by molar-refractivity contribution is 0.415. The molecule has 6 heteroatoms. The van der Waals surface area contributed by atoms with Crippen molar-refractivity contribution in [1.82, 2.24) is 8.80 Å². The predicted molar refractivity (Wildman–Crippen MR) is 151 cm³/mol. The minimum atomic E-state index is 0.792. The van der Waals surface area contributed by atoms with Crippen LogP contribution in [0.25, 0.3) is 77.0 Å². The Bertz CT molecular complexity index is 2260. The van der Waals surface area contributed by atoms with Crippen molar-refractivity contribution in [3.05, 3.63) is 84.9 Å². The van der Waals surface area contributed by atoms with Crippen LogP contribution in [0.1, 0.15) is 0 Å². The number of fused-ring (bicyclic) bond motifs is 12. The van der Waals surface area contributed by atoms with Crippen LogP contribution >= 0.6 is 0 Å². The Morgan fingerprint density at radius 1 is 0.526 bits per heavy atom. The summed E-state index contributed by atoms with van der Waals surface area (Å²) in [5.41, 5.74) is 9.34. The number of benzene rings is 5. The van der Waals surface area contributed by atoms with Crippen molar-refractivity contribution in [3.8, 4) is 11.5 Å². The number of aromatic nitrogens is 2. The van der Waals surface area contributed by atoms with Gasteiger partial charge in [-0.3, -0.25) is 0 Å². The van der Waals surface area contributed by atoms with Crippen molar-refractivity contribution in [1.29, 1.82) is 0 Å². The summed E-state index contributed by atoms with van der Waals surface area (Å²) < 4.78 is 29.5. The van der Waals surface area contributed by atoms with E-state index in [0.29, 0.717) is 0 Å². The van der Waals surface area contributed by atoms with E-state index in [0.717, 1.165) is 88.5 Å². The van der Waals surface area contributed by atoms with E-state index in [4.69, 9.17) is 18.3 Å². The minimum Gasteiger partial charge on any atom is -0.497 e. The van der Waals surface area contributed by atoms with E-state index in [1.165, 1.54) is 0 Å². The van der Waals surface area contributed by atoms with Gasteiger partial charge >= 0.3 is 0 Å². The highest BCUT2D eigenvalue weighted by molar-refractivity contribution is 6.35. The fourth-order valence-corrected chi connectivity index (χ4v) is 6.30. The van der Waals surface area contributed by atoms with Gasteiger partial charge < -0.3 is 27.1 Å². The molecule has 0 unspecified atom stereocenters. The SMILES string of the molecule is COc1ccc2c(c1)c1c3oc4ccccc4n4c5ccc(OC)cc5c(c5oc6ccccc6n2c51)c34. The molecule has 0 radical (unpaired) electrons. The van der Waals surface area contributed by atoms with Crippen molar-refractivity contribution in [3.63, 3.8) is 0 Å². The molecular formula is C32H20N2O4. The normalized spacial score (nSPS) is 12.5. The van der Waals surface area contributed by atoms with Crippen LogP contribution in [0.2, 0.25) is 0 Å². The maximum absolute atomic E-state index is 6.79. The lowest BCUT2D eigenvalue weighted by Gasteiger charge is -2.11. The van der Waals surface area contributed by atoms with Crippen molar-refractivity contribution in [2.24, 2.45) is 0 Å². The second kappa shape index (κ2) is 6.81. The maximum Gasteiger partial charge on any atom is 0.162 e. The summed E-state index contributed by atoms with van der Waals surface area (Å²) in [7, 11) is 3.39. The first-order chi connectivity index (χ1) is 18.8. The van der Waals surface area contributed by atoms with Gasteiger partial charge in [-0.25, -0.2) is 0 Å². The molecule has 5 aromatic carbocycles. The molecule has 0 amide bonds. The van der Waals surface area contributed by atoms with Gasteiger partial charge in [0, 0.05) is 10.8 Å². The third-order valence-corrected chi connectivity index (χ3v) is 7.87. The van der Waals surface area contributed by atoms with Gasteiger partial charge in [-0.2, -0.15) is 0 Å². The zero-order valence-electron chi connectivity index (χ0n) is 20.6. The Morgan fingerprint density at radius 3 is 1.42 bits per heavy atom. The molecule has 0 N–H and O–H groups in total. The zero-order valence-corrected chi connectivity index (χ0v) is 20.6. The largest absolute Gasteiger partial charge is 0.497 e. The first-order valence-corrected chi connectivity index (χ1v) is 12.5. The standard InChI is InChI=1S/C32H20N2O4/c1-35-17-11-13-21-19(15-17)27-29-32(38-25-9-5-3-7-23(25)33(21)29)28-20-16-18(36-2)12-14-22(20)34-24-8-4-6-10-26(24)37-31(27)30(28)34/h3-16H,1-2H3. The zero-order chi connectivity index (χ0) is 25.1. The molecule has 0 aliphatic heterocycles. The summed E-state index contributed by atoms with van der Waals surface area (Å²) in [6, 6.07) is 28.8. The first-order valence-electron chi connectivity index (χ1n) is 12.5. The molecule has 0 spiro atoms.